The molecule has 2 heteroatoms. The highest BCUT2D eigenvalue weighted by Gasteiger charge is 2.07. The Kier molecular flexibility index (Phi) is 4.97. The Morgan fingerprint density at radius 2 is 1.89 bits per heavy atom. The Bertz CT molecular complexity index is 461. The summed E-state index contributed by atoms with van der Waals surface area (Å²) in [6.07, 6.45) is 2.23. The predicted molar refractivity (Wildman–Crippen MR) is 80.3 cm³/mol. The van der Waals surface area contributed by atoms with Crippen molar-refractivity contribution >= 4 is 11.3 Å². The van der Waals surface area contributed by atoms with Gasteiger partial charge < -0.3 is 5.32 Å². The second kappa shape index (κ2) is 6.72. The molecule has 96 valence electrons. The van der Waals surface area contributed by atoms with Gasteiger partial charge in [0.05, 0.1) is 0 Å². The number of thiophene rings is 1. The predicted octanol–water partition coefficient (Wildman–Crippen LogP) is 4.20. The molecule has 0 aliphatic rings. The lowest BCUT2D eigenvalue weighted by atomic mass is 10.1. The minimum Gasteiger partial charge on any atom is -0.309 e. The van der Waals surface area contributed by atoms with Crippen LogP contribution in [0.2, 0.25) is 0 Å². The Labute approximate surface area is 114 Å². The number of aryl methyl sites for hydroxylation is 1. The van der Waals surface area contributed by atoms with Crippen molar-refractivity contribution in [3.05, 3.63) is 57.8 Å². The molecule has 1 nitrogen and oxygen atoms in total. The molecular formula is C16H21NS. The van der Waals surface area contributed by atoms with Crippen molar-refractivity contribution in [1.29, 1.82) is 0 Å². The molecule has 0 bridgehead atoms. The highest BCUT2D eigenvalue weighted by Crippen LogP contribution is 2.23. The van der Waals surface area contributed by atoms with Crippen LogP contribution in [0.15, 0.2) is 42.5 Å². The Balaban J connectivity index is 1.79. The molecule has 0 aliphatic heterocycles. The Morgan fingerprint density at radius 3 is 2.56 bits per heavy atom. The highest BCUT2D eigenvalue weighted by molar-refractivity contribution is 7.12. The summed E-state index contributed by atoms with van der Waals surface area (Å²) in [5.41, 5.74) is 1.40. The third-order valence-corrected chi connectivity index (χ3v) is 4.58. The first-order valence-electron chi connectivity index (χ1n) is 6.65. The summed E-state index contributed by atoms with van der Waals surface area (Å²) >= 11 is 1.92. The first-order valence-corrected chi connectivity index (χ1v) is 7.47. The molecule has 0 aliphatic carbocycles. The summed E-state index contributed by atoms with van der Waals surface area (Å²) in [7, 11) is 0. The van der Waals surface area contributed by atoms with Crippen molar-refractivity contribution in [2.24, 2.45) is 0 Å². The molecular weight excluding hydrogens is 238 g/mol. The maximum atomic E-state index is 3.60. The van der Waals surface area contributed by atoms with Crippen LogP contribution in [0.4, 0.5) is 0 Å². The zero-order valence-corrected chi connectivity index (χ0v) is 12.0. The van der Waals surface area contributed by atoms with Crippen LogP contribution in [0.5, 0.6) is 0 Å². The molecule has 1 heterocycles. The SMILES string of the molecule is CCc1ccc(C(C)NCCc2ccccc2)s1. The largest absolute Gasteiger partial charge is 0.309 e. The molecule has 18 heavy (non-hydrogen) atoms. The number of hydrogen-bond donors (Lipinski definition) is 1. The summed E-state index contributed by atoms with van der Waals surface area (Å²) in [6, 6.07) is 15.6. The molecule has 2 rings (SSSR count). The van der Waals surface area contributed by atoms with E-state index >= 15 is 0 Å². The van der Waals surface area contributed by atoms with Crippen molar-refractivity contribution in [2.45, 2.75) is 32.7 Å². The van der Waals surface area contributed by atoms with Gasteiger partial charge in [-0.2, -0.15) is 0 Å². The van der Waals surface area contributed by atoms with Crippen molar-refractivity contribution < 1.29 is 0 Å². The van der Waals surface area contributed by atoms with E-state index in [4.69, 9.17) is 0 Å². The summed E-state index contributed by atoms with van der Waals surface area (Å²) in [5, 5.41) is 3.60. The maximum absolute atomic E-state index is 3.60. The molecule has 1 aromatic carbocycles. The first-order chi connectivity index (χ1) is 8.79. The lowest BCUT2D eigenvalue weighted by Crippen LogP contribution is -2.20. The smallest absolute Gasteiger partial charge is 0.0386 e. The molecule has 1 N–H and O–H groups in total. The third-order valence-electron chi connectivity index (χ3n) is 3.16. The summed E-state index contributed by atoms with van der Waals surface area (Å²) in [6.45, 7) is 5.49. The molecule has 0 amide bonds. The van der Waals surface area contributed by atoms with Crippen LogP contribution in [0.3, 0.4) is 0 Å². The average molecular weight is 259 g/mol. The van der Waals surface area contributed by atoms with E-state index in [0.717, 1.165) is 19.4 Å². The van der Waals surface area contributed by atoms with Crippen LogP contribution in [0, 0.1) is 0 Å². The van der Waals surface area contributed by atoms with E-state index in [9.17, 15) is 0 Å². The average Bonchev–Trinajstić information content (AvgIpc) is 2.89. The lowest BCUT2D eigenvalue weighted by molar-refractivity contribution is 0.585. The zero-order valence-electron chi connectivity index (χ0n) is 11.1. The van der Waals surface area contributed by atoms with Crippen LogP contribution in [-0.2, 0) is 12.8 Å². The molecule has 2 aromatic rings. The summed E-state index contributed by atoms with van der Waals surface area (Å²) in [5.74, 6) is 0. The van der Waals surface area contributed by atoms with Gasteiger partial charge in [-0.05, 0) is 44.0 Å². The van der Waals surface area contributed by atoms with Crippen molar-refractivity contribution in [2.75, 3.05) is 6.54 Å². The topological polar surface area (TPSA) is 12.0 Å². The lowest BCUT2D eigenvalue weighted by Gasteiger charge is -2.11. The fourth-order valence-electron chi connectivity index (χ4n) is 2.00. The quantitative estimate of drug-likeness (QED) is 0.819. The van der Waals surface area contributed by atoms with Crippen LogP contribution < -0.4 is 5.32 Å². The number of hydrogen-bond acceptors (Lipinski definition) is 2. The molecule has 0 radical (unpaired) electrons. The molecule has 1 atom stereocenters. The van der Waals surface area contributed by atoms with Crippen LogP contribution in [-0.4, -0.2) is 6.54 Å². The van der Waals surface area contributed by atoms with E-state index in [0.29, 0.717) is 6.04 Å². The van der Waals surface area contributed by atoms with Crippen molar-refractivity contribution in [3.8, 4) is 0 Å². The van der Waals surface area contributed by atoms with Gasteiger partial charge in [-0.25, -0.2) is 0 Å². The van der Waals surface area contributed by atoms with E-state index in [-0.39, 0.29) is 0 Å². The number of rotatable bonds is 6. The van der Waals surface area contributed by atoms with Crippen molar-refractivity contribution in [1.82, 2.24) is 5.32 Å². The van der Waals surface area contributed by atoms with Gasteiger partial charge in [0.25, 0.3) is 0 Å². The van der Waals surface area contributed by atoms with E-state index in [2.05, 4.69) is 61.6 Å². The molecule has 0 fully saturated rings. The highest BCUT2D eigenvalue weighted by atomic mass is 32.1. The maximum Gasteiger partial charge on any atom is 0.0386 e. The minimum absolute atomic E-state index is 0.457. The second-order valence-electron chi connectivity index (χ2n) is 4.57. The molecule has 0 saturated carbocycles. The van der Waals surface area contributed by atoms with E-state index in [1.807, 2.05) is 11.3 Å². The Hall–Kier alpha value is -1.12. The molecule has 1 unspecified atom stereocenters. The Morgan fingerprint density at radius 1 is 1.11 bits per heavy atom. The minimum atomic E-state index is 0.457. The number of benzene rings is 1. The normalized spacial score (nSPS) is 12.6. The number of nitrogens with one attached hydrogen (secondary N) is 1. The van der Waals surface area contributed by atoms with Crippen molar-refractivity contribution in [3.63, 3.8) is 0 Å². The van der Waals surface area contributed by atoms with Crippen LogP contribution in [0.1, 0.15) is 35.2 Å². The van der Waals surface area contributed by atoms with Gasteiger partial charge in [-0.1, -0.05) is 37.3 Å². The van der Waals surface area contributed by atoms with Gasteiger partial charge in [-0.15, -0.1) is 11.3 Å². The van der Waals surface area contributed by atoms with Gasteiger partial charge in [0.2, 0.25) is 0 Å². The monoisotopic (exact) mass is 259 g/mol. The standard InChI is InChI=1S/C16H21NS/c1-3-15-9-10-16(18-15)13(2)17-12-11-14-7-5-4-6-8-14/h4-10,13,17H,3,11-12H2,1-2H3. The van der Waals surface area contributed by atoms with Gasteiger partial charge >= 0.3 is 0 Å². The van der Waals surface area contributed by atoms with Crippen LogP contribution in [0.25, 0.3) is 0 Å². The molecule has 0 saturated heterocycles. The van der Waals surface area contributed by atoms with E-state index in [1.165, 1.54) is 15.3 Å². The first kappa shape index (κ1) is 13.3. The second-order valence-corrected chi connectivity index (χ2v) is 5.77. The van der Waals surface area contributed by atoms with E-state index < -0.39 is 0 Å². The third kappa shape index (κ3) is 3.69. The summed E-state index contributed by atoms with van der Waals surface area (Å²) in [4.78, 5) is 2.92. The zero-order chi connectivity index (χ0) is 12.8. The van der Waals surface area contributed by atoms with Gasteiger partial charge in [0.15, 0.2) is 0 Å². The fraction of sp³-hybridized carbons (Fsp3) is 0.375. The van der Waals surface area contributed by atoms with Crippen LogP contribution >= 0.6 is 11.3 Å². The van der Waals surface area contributed by atoms with Gasteiger partial charge in [0, 0.05) is 15.8 Å². The molecule has 0 spiro atoms. The molecule has 1 aromatic heterocycles. The summed E-state index contributed by atoms with van der Waals surface area (Å²) < 4.78 is 0. The van der Waals surface area contributed by atoms with Gasteiger partial charge in [-0.3, -0.25) is 0 Å². The fourth-order valence-corrected chi connectivity index (χ4v) is 2.97. The van der Waals surface area contributed by atoms with Gasteiger partial charge in [0.1, 0.15) is 0 Å². The van der Waals surface area contributed by atoms with E-state index in [1.54, 1.807) is 0 Å².